The lowest BCUT2D eigenvalue weighted by Gasteiger charge is -2.35. The third-order valence-corrected chi connectivity index (χ3v) is 5.71. The molecule has 5 nitrogen and oxygen atoms in total. The quantitative estimate of drug-likeness (QED) is 0.599. The molecule has 0 radical (unpaired) electrons. The molecular weight excluding hydrogens is 330 g/mol. The molecule has 1 saturated heterocycles. The van der Waals surface area contributed by atoms with Crippen molar-refractivity contribution < 1.29 is 0 Å². The van der Waals surface area contributed by atoms with Crippen molar-refractivity contribution in [3.05, 3.63) is 16.1 Å². The van der Waals surface area contributed by atoms with Crippen LogP contribution in [0.25, 0.3) is 0 Å². The van der Waals surface area contributed by atoms with Gasteiger partial charge in [-0.25, -0.2) is 4.98 Å². The zero-order valence-corrected chi connectivity index (χ0v) is 17.4. The fourth-order valence-corrected chi connectivity index (χ4v) is 4.21. The molecule has 0 aromatic carbocycles. The first kappa shape index (κ1) is 20.2. The Bertz CT molecular complexity index is 546. The minimum atomic E-state index is 0.110. The number of nitrogens with one attached hydrogen (secondary N) is 2. The monoisotopic (exact) mass is 365 g/mol. The summed E-state index contributed by atoms with van der Waals surface area (Å²) in [6, 6.07) is 0.761. The summed E-state index contributed by atoms with van der Waals surface area (Å²) in [6.45, 7) is 12.9. The maximum atomic E-state index is 4.73. The third-order valence-electron chi connectivity index (χ3n) is 4.86. The number of nitrogens with zero attached hydrogens (tertiary/aromatic N) is 3. The van der Waals surface area contributed by atoms with Crippen LogP contribution in [0.5, 0.6) is 0 Å². The molecule has 0 saturated carbocycles. The molecular formula is C19H35N5S. The highest BCUT2D eigenvalue weighted by atomic mass is 32.1. The molecule has 2 rings (SSSR count). The molecule has 2 N–H and O–H groups in total. The van der Waals surface area contributed by atoms with Gasteiger partial charge in [-0.2, -0.15) is 0 Å². The maximum absolute atomic E-state index is 4.73. The normalized spacial score (nSPS) is 19.9. The molecule has 1 atom stereocenters. The molecule has 0 spiro atoms. The Kier molecular flexibility index (Phi) is 7.69. The van der Waals surface area contributed by atoms with Gasteiger partial charge >= 0.3 is 0 Å². The second-order valence-electron chi connectivity index (χ2n) is 7.82. The van der Waals surface area contributed by atoms with Crippen LogP contribution < -0.4 is 10.6 Å². The third kappa shape index (κ3) is 6.26. The predicted octanol–water partition coefficient (Wildman–Crippen LogP) is 3.37. The van der Waals surface area contributed by atoms with Gasteiger partial charge in [0.2, 0.25) is 0 Å². The van der Waals surface area contributed by atoms with Crippen LogP contribution in [0.3, 0.4) is 0 Å². The first-order valence-corrected chi connectivity index (χ1v) is 10.5. The minimum Gasteiger partial charge on any atom is -0.355 e. The summed E-state index contributed by atoms with van der Waals surface area (Å²) >= 11 is 1.71. The largest absolute Gasteiger partial charge is 0.355 e. The molecule has 1 aromatic rings. The van der Waals surface area contributed by atoms with E-state index in [4.69, 9.17) is 4.98 Å². The van der Waals surface area contributed by atoms with E-state index in [0.717, 1.165) is 42.3 Å². The van der Waals surface area contributed by atoms with Crippen LogP contribution in [0.15, 0.2) is 10.4 Å². The highest BCUT2D eigenvalue weighted by Gasteiger charge is 2.20. The number of hydrogen-bond acceptors (Lipinski definition) is 4. The van der Waals surface area contributed by atoms with Gasteiger partial charge in [-0.3, -0.25) is 9.89 Å². The molecule has 1 aromatic heterocycles. The van der Waals surface area contributed by atoms with Crippen molar-refractivity contribution in [3.63, 3.8) is 0 Å². The number of guanidine groups is 1. The van der Waals surface area contributed by atoms with Crippen molar-refractivity contribution in [1.29, 1.82) is 0 Å². The van der Waals surface area contributed by atoms with Crippen LogP contribution in [0, 0.1) is 0 Å². The van der Waals surface area contributed by atoms with E-state index in [1.165, 1.54) is 32.2 Å². The van der Waals surface area contributed by atoms with Crippen molar-refractivity contribution in [3.8, 4) is 0 Å². The number of piperidine rings is 1. The average Bonchev–Trinajstić information content (AvgIpc) is 3.07. The SMILES string of the molecule is CCC1CCCCN1CCNC(=NC)NCc1nc(C(C)(C)C)cs1. The van der Waals surface area contributed by atoms with Crippen molar-refractivity contribution in [2.24, 2.45) is 4.99 Å². The number of hydrogen-bond donors (Lipinski definition) is 2. The second kappa shape index (κ2) is 9.53. The summed E-state index contributed by atoms with van der Waals surface area (Å²) in [4.78, 5) is 11.7. The van der Waals surface area contributed by atoms with Crippen LogP contribution >= 0.6 is 11.3 Å². The van der Waals surface area contributed by atoms with E-state index < -0.39 is 0 Å². The van der Waals surface area contributed by atoms with Crippen molar-refractivity contribution in [2.75, 3.05) is 26.7 Å². The van der Waals surface area contributed by atoms with Gasteiger partial charge in [0.1, 0.15) is 5.01 Å². The maximum Gasteiger partial charge on any atom is 0.191 e. The highest BCUT2D eigenvalue weighted by Crippen LogP contribution is 2.23. The molecule has 1 fully saturated rings. The molecule has 142 valence electrons. The Labute approximate surface area is 157 Å². The zero-order chi connectivity index (χ0) is 18.3. The molecule has 0 amide bonds. The van der Waals surface area contributed by atoms with Gasteiger partial charge in [-0.15, -0.1) is 11.3 Å². The topological polar surface area (TPSA) is 52.5 Å². The Morgan fingerprint density at radius 1 is 1.36 bits per heavy atom. The number of thiazole rings is 1. The molecule has 1 unspecified atom stereocenters. The molecule has 0 bridgehead atoms. The summed E-state index contributed by atoms with van der Waals surface area (Å²) in [5.41, 5.74) is 1.27. The van der Waals surface area contributed by atoms with E-state index in [1.54, 1.807) is 11.3 Å². The Hall–Kier alpha value is -1.14. The van der Waals surface area contributed by atoms with Gasteiger partial charge in [0.25, 0.3) is 0 Å². The van der Waals surface area contributed by atoms with E-state index in [1.807, 2.05) is 7.05 Å². The van der Waals surface area contributed by atoms with Gasteiger partial charge < -0.3 is 10.6 Å². The second-order valence-corrected chi connectivity index (χ2v) is 8.77. The van der Waals surface area contributed by atoms with E-state index in [2.05, 4.69) is 53.6 Å². The summed E-state index contributed by atoms with van der Waals surface area (Å²) in [7, 11) is 1.83. The van der Waals surface area contributed by atoms with Crippen molar-refractivity contribution in [1.82, 2.24) is 20.5 Å². The molecule has 2 heterocycles. The standard InChI is InChI=1S/C19H35N5S/c1-6-15-9-7-8-11-24(15)12-10-21-18(20-5)22-13-17-23-16(14-25-17)19(2,3)4/h14-15H,6-13H2,1-5H3,(H2,20,21,22). The Morgan fingerprint density at radius 3 is 2.80 bits per heavy atom. The zero-order valence-electron chi connectivity index (χ0n) is 16.6. The van der Waals surface area contributed by atoms with Gasteiger partial charge in [-0.1, -0.05) is 34.1 Å². The van der Waals surface area contributed by atoms with Crippen molar-refractivity contribution >= 4 is 17.3 Å². The van der Waals surface area contributed by atoms with Crippen LogP contribution in [-0.2, 0) is 12.0 Å². The lowest BCUT2D eigenvalue weighted by molar-refractivity contribution is 0.147. The number of likely N-dealkylation sites (tertiary alicyclic amines) is 1. The van der Waals surface area contributed by atoms with Crippen LogP contribution in [0.1, 0.15) is 64.1 Å². The lowest BCUT2D eigenvalue weighted by Crippen LogP contribution is -2.45. The smallest absolute Gasteiger partial charge is 0.191 e. The summed E-state index contributed by atoms with van der Waals surface area (Å²) in [5, 5.41) is 10.1. The first-order valence-electron chi connectivity index (χ1n) is 9.57. The lowest BCUT2D eigenvalue weighted by atomic mass is 9.93. The van der Waals surface area contributed by atoms with Gasteiger partial charge in [0, 0.05) is 37.0 Å². The predicted molar refractivity (Wildman–Crippen MR) is 109 cm³/mol. The van der Waals surface area contributed by atoms with E-state index in [0.29, 0.717) is 0 Å². The molecule has 6 heteroatoms. The average molecular weight is 366 g/mol. The van der Waals surface area contributed by atoms with Crippen LogP contribution in [-0.4, -0.2) is 48.6 Å². The minimum absolute atomic E-state index is 0.110. The highest BCUT2D eigenvalue weighted by molar-refractivity contribution is 7.09. The Morgan fingerprint density at radius 2 is 2.16 bits per heavy atom. The summed E-state index contributed by atoms with van der Waals surface area (Å²) in [5.74, 6) is 0.859. The first-order chi connectivity index (χ1) is 11.9. The number of aromatic nitrogens is 1. The summed E-state index contributed by atoms with van der Waals surface area (Å²) in [6.07, 6.45) is 5.33. The molecule has 0 aliphatic carbocycles. The Balaban J connectivity index is 1.74. The van der Waals surface area contributed by atoms with Crippen LogP contribution in [0.4, 0.5) is 0 Å². The fraction of sp³-hybridized carbons (Fsp3) is 0.789. The molecule has 25 heavy (non-hydrogen) atoms. The van der Waals surface area contributed by atoms with E-state index >= 15 is 0 Å². The number of aliphatic imine (C=N–C) groups is 1. The molecule has 1 aliphatic rings. The van der Waals surface area contributed by atoms with Crippen molar-refractivity contribution in [2.45, 2.75) is 71.4 Å². The van der Waals surface area contributed by atoms with Gasteiger partial charge in [0.15, 0.2) is 5.96 Å². The van der Waals surface area contributed by atoms with Gasteiger partial charge in [-0.05, 0) is 25.8 Å². The fourth-order valence-electron chi connectivity index (χ4n) is 3.25. The van der Waals surface area contributed by atoms with E-state index in [9.17, 15) is 0 Å². The summed E-state index contributed by atoms with van der Waals surface area (Å²) < 4.78 is 0. The molecule has 1 aliphatic heterocycles. The van der Waals surface area contributed by atoms with Gasteiger partial charge in [0.05, 0.1) is 12.2 Å². The number of rotatable bonds is 6. The van der Waals surface area contributed by atoms with Crippen LogP contribution in [0.2, 0.25) is 0 Å². The van der Waals surface area contributed by atoms with E-state index in [-0.39, 0.29) is 5.41 Å².